The summed E-state index contributed by atoms with van der Waals surface area (Å²) >= 11 is 1.46. The summed E-state index contributed by atoms with van der Waals surface area (Å²) in [6.07, 6.45) is -2.50. The molecular weight excluding hydrogens is 301 g/mol. The Morgan fingerprint density at radius 1 is 1.38 bits per heavy atom. The predicted octanol–water partition coefficient (Wildman–Crippen LogP) is 3.60. The highest BCUT2D eigenvalue weighted by molar-refractivity contribution is 7.99. The van der Waals surface area contributed by atoms with Gasteiger partial charge in [0.25, 0.3) is 0 Å². The monoisotopic (exact) mass is 322 g/mol. The van der Waals surface area contributed by atoms with Crippen LogP contribution in [0.25, 0.3) is 0 Å². The van der Waals surface area contributed by atoms with Crippen LogP contribution in [-0.4, -0.2) is 36.5 Å². The second kappa shape index (κ2) is 9.27. The fourth-order valence-electron chi connectivity index (χ4n) is 1.61. The predicted molar refractivity (Wildman–Crippen MR) is 78.5 cm³/mol. The Balaban J connectivity index is 2.26. The van der Waals surface area contributed by atoms with Crippen molar-refractivity contribution in [2.45, 2.75) is 36.7 Å². The number of nitrogens with one attached hydrogen (secondary N) is 1. The average molecular weight is 322 g/mol. The standard InChI is InChI=1S/C14H21F3N2OS/c1-3-20-8-4-7-18-9-11(2)21-13-6-5-12(10-19-13)14(15,16)17/h5-6,10-11,18H,3-4,7-9H2,1-2H3. The van der Waals surface area contributed by atoms with Crippen molar-refractivity contribution in [2.24, 2.45) is 0 Å². The van der Waals surface area contributed by atoms with Crippen molar-refractivity contribution in [3.8, 4) is 0 Å². The molecule has 3 nitrogen and oxygen atoms in total. The number of alkyl halides is 3. The fourth-order valence-corrected chi connectivity index (χ4v) is 2.49. The van der Waals surface area contributed by atoms with Gasteiger partial charge in [0.2, 0.25) is 0 Å². The minimum absolute atomic E-state index is 0.237. The molecule has 1 atom stereocenters. The van der Waals surface area contributed by atoms with Gasteiger partial charge in [-0.1, -0.05) is 6.92 Å². The van der Waals surface area contributed by atoms with Gasteiger partial charge in [-0.2, -0.15) is 13.2 Å². The van der Waals surface area contributed by atoms with Crippen molar-refractivity contribution < 1.29 is 17.9 Å². The molecule has 1 aromatic heterocycles. The SMILES string of the molecule is CCOCCCNCC(C)Sc1ccc(C(F)(F)F)cn1. The van der Waals surface area contributed by atoms with Gasteiger partial charge < -0.3 is 10.1 Å². The summed E-state index contributed by atoms with van der Waals surface area (Å²) in [5, 5.41) is 4.13. The van der Waals surface area contributed by atoms with Crippen LogP contribution in [-0.2, 0) is 10.9 Å². The first kappa shape index (κ1) is 18.3. The molecule has 0 saturated carbocycles. The highest BCUT2D eigenvalue weighted by Crippen LogP contribution is 2.30. The zero-order valence-corrected chi connectivity index (χ0v) is 13.1. The lowest BCUT2D eigenvalue weighted by Gasteiger charge is -2.12. The van der Waals surface area contributed by atoms with Crippen LogP contribution < -0.4 is 5.32 Å². The number of pyridine rings is 1. The quantitative estimate of drug-likeness (QED) is 0.556. The molecule has 1 unspecified atom stereocenters. The van der Waals surface area contributed by atoms with Crippen molar-refractivity contribution in [1.82, 2.24) is 10.3 Å². The molecule has 120 valence electrons. The number of nitrogens with zero attached hydrogens (tertiary/aromatic N) is 1. The van der Waals surface area contributed by atoms with Gasteiger partial charge in [0, 0.05) is 31.2 Å². The second-order valence-electron chi connectivity index (χ2n) is 4.57. The van der Waals surface area contributed by atoms with Crippen molar-refractivity contribution in [3.63, 3.8) is 0 Å². The largest absolute Gasteiger partial charge is 0.417 e. The summed E-state index contributed by atoms with van der Waals surface area (Å²) in [5.41, 5.74) is -0.714. The van der Waals surface area contributed by atoms with E-state index in [1.807, 2.05) is 13.8 Å². The molecule has 0 spiro atoms. The molecule has 1 heterocycles. The molecule has 1 N–H and O–H groups in total. The number of hydrogen-bond donors (Lipinski definition) is 1. The summed E-state index contributed by atoms with van der Waals surface area (Å²) < 4.78 is 42.5. The fraction of sp³-hybridized carbons (Fsp3) is 0.643. The first-order chi connectivity index (χ1) is 9.93. The van der Waals surface area contributed by atoms with Gasteiger partial charge in [0.05, 0.1) is 10.6 Å². The third-order valence-corrected chi connectivity index (χ3v) is 3.72. The summed E-state index contributed by atoms with van der Waals surface area (Å²) in [4.78, 5) is 3.85. The highest BCUT2D eigenvalue weighted by Gasteiger charge is 2.30. The van der Waals surface area contributed by atoms with Gasteiger partial charge in [-0.05, 0) is 32.0 Å². The van der Waals surface area contributed by atoms with E-state index in [9.17, 15) is 13.2 Å². The molecule has 0 aromatic carbocycles. The van der Waals surface area contributed by atoms with Crippen LogP contribution in [0, 0.1) is 0 Å². The van der Waals surface area contributed by atoms with Crippen LogP contribution in [0.5, 0.6) is 0 Å². The minimum atomic E-state index is -4.33. The Morgan fingerprint density at radius 2 is 2.14 bits per heavy atom. The summed E-state index contributed by atoms with van der Waals surface area (Å²) in [6.45, 7) is 7.09. The van der Waals surface area contributed by atoms with E-state index in [0.717, 1.165) is 45.0 Å². The van der Waals surface area contributed by atoms with Gasteiger partial charge in [0.1, 0.15) is 0 Å². The van der Waals surface area contributed by atoms with E-state index in [1.54, 1.807) is 0 Å². The summed E-state index contributed by atoms with van der Waals surface area (Å²) in [5.74, 6) is 0. The maximum Gasteiger partial charge on any atom is 0.417 e. The molecular formula is C14H21F3N2OS. The van der Waals surface area contributed by atoms with E-state index in [2.05, 4.69) is 10.3 Å². The number of thioether (sulfide) groups is 1. The molecule has 0 aliphatic heterocycles. The first-order valence-electron chi connectivity index (χ1n) is 6.92. The molecule has 0 aliphatic carbocycles. The molecule has 0 radical (unpaired) electrons. The van der Waals surface area contributed by atoms with E-state index in [-0.39, 0.29) is 5.25 Å². The van der Waals surface area contributed by atoms with Gasteiger partial charge in [-0.25, -0.2) is 4.98 Å². The Kier molecular flexibility index (Phi) is 8.06. The summed E-state index contributed by atoms with van der Waals surface area (Å²) in [6, 6.07) is 2.48. The normalized spacial score (nSPS) is 13.4. The van der Waals surface area contributed by atoms with Gasteiger partial charge in [0.15, 0.2) is 0 Å². The van der Waals surface area contributed by atoms with Gasteiger partial charge in [-0.3, -0.25) is 0 Å². The Hall–Kier alpha value is -0.790. The topological polar surface area (TPSA) is 34.1 Å². The van der Waals surface area contributed by atoms with Gasteiger partial charge >= 0.3 is 6.18 Å². The average Bonchev–Trinajstić information content (AvgIpc) is 2.42. The van der Waals surface area contributed by atoms with Crippen LogP contribution >= 0.6 is 11.8 Å². The minimum Gasteiger partial charge on any atom is -0.382 e. The molecule has 1 rings (SSSR count). The second-order valence-corrected chi connectivity index (χ2v) is 6.02. The van der Waals surface area contributed by atoms with E-state index < -0.39 is 11.7 Å². The number of ether oxygens (including phenoxy) is 1. The molecule has 21 heavy (non-hydrogen) atoms. The smallest absolute Gasteiger partial charge is 0.382 e. The zero-order valence-electron chi connectivity index (χ0n) is 12.2. The van der Waals surface area contributed by atoms with Crippen molar-refractivity contribution in [2.75, 3.05) is 26.3 Å². The zero-order chi connectivity index (χ0) is 15.7. The lowest BCUT2D eigenvalue weighted by Crippen LogP contribution is -2.24. The van der Waals surface area contributed by atoms with Gasteiger partial charge in [-0.15, -0.1) is 11.8 Å². The van der Waals surface area contributed by atoms with Crippen LogP contribution in [0.1, 0.15) is 25.8 Å². The highest BCUT2D eigenvalue weighted by atomic mass is 32.2. The van der Waals surface area contributed by atoms with Crippen molar-refractivity contribution in [1.29, 1.82) is 0 Å². The molecule has 1 aromatic rings. The molecule has 7 heteroatoms. The molecule has 0 fully saturated rings. The molecule has 0 saturated heterocycles. The van der Waals surface area contributed by atoms with Crippen molar-refractivity contribution >= 4 is 11.8 Å². The third kappa shape index (κ3) is 7.68. The maximum atomic E-state index is 12.4. The molecule has 0 amide bonds. The number of hydrogen-bond acceptors (Lipinski definition) is 4. The number of halogens is 3. The van der Waals surface area contributed by atoms with E-state index >= 15 is 0 Å². The lowest BCUT2D eigenvalue weighted by molar-refractivity contribution is -0.137. The van der Waals surface area contributed by atoms with Crippen LogP contribution in [0.4, 0.5) is 13.2 Å². The van der Waals surface area contributed by atoms with Crippen LogP contribution in [0.3, 0.4) is 0 Å². The summed E-state index contributed by atoms with van der Waals surface area (Å²) in [7, 11) is 0. The third-order valence-electron chi connectivity index (χ3n) is 2.66. The molecule has 0 bridgehead atoms. The van der Waals surface area contributed by atoms with E-state index in [1.165, 1.54) is 17.8 Å². The van der Waals surface area contributed by atoms with E-state index in [0.29, 0.717) is 5.03 Å². The lowest BCUT2D eigenvalue weighted by atomic mass is 10.3. The Morgan fingerprint density at radius 3 is 2.71 bits per heavy atom. The molecule has 0 aliphatic rings. The van der Waals surface area contributed by atoms with Crippen molar-refractivity contribution in [3.05, 3.63) is 23.9 Å². The Bertz CT molecular complexity index is 398. The Labute approximate surface area is 127 Å². The van der Waals surface area contributed by atoms with Crippen LogP contribution in [0.2, 0.25) is 0 Å². The number of rotatable bonds is 9. The number of aromatic nitrogens is 1. The maximum absolute atomic E-state index is 12.4. The van der Waals surface area contributed by atoms with Crippen LogP contribution in [0.15, 0.2) is 23.4 Å². The van der Waals surface area contributed by atoms with E-state index in [4.69, 9.17) is 4.74 Å². The first-order valence-corrected chi connectivity index (χ1v) is 7.79.